The minimum Gasteiger partial charge on any atom is -0.370 e. The van der Waals surface area contributed by atoms with Gasteiger partial charge in [-0.05, 0) is 23.4 Å². The zero-order valence-electron chi connectivity index (χ0n) is 10.7. The van der Waals surface area contributed by atoms with E-state index < -0.39 is 0 Å². The van der Waals surface area contributed by atoms with Crippen molar-refractivity contribution in [3.05, 3.63) is 36.7 Å². The van der Waals surface area contributed by atoms with Gasteiger partial charge < -0.3 is 11.1 Å². The summed E-state index contributed by atoms with van der Waals surface area (Å²) in [4.78, 5) is 8.42. The summed E-state index contributed by atoms with van der Waals surface area (Å²) in [5, 5.41) is 5.30. The van der Waals surface area contributed by atoms with E-state index in [4.69, 9.17) is 5.73 Å². The number of benzene rings is 1. The normalized spacial score (nSPS) is 12.1. The summed E-state index contributed by atoms with van der Waals surface area (Å²) in [6, 6.07) is 7.98. The summed E-state index contributed by atoms with van der Waals surface area (Å²) in [5.41, 5.74) is 6.80. The van der Waals surface area contributed by atoms with Crippen LogP contribution in [0.4, 0.5) is 5.69 Å². The fourth-order valence-electron chi connectivity index (χ4n) is 1.68. The molecule has 1 aromatic heterocycles. The molecule has 0 radical (unpaired) electrons. The number of aliphatic imine (C=N–C) groups is 1. The summed E-state index contributed by atoms with van der Waals surface area (Å²) in [6.07, 6.45) is 3.61. The number of guanidine groups is 1. The van der Waals surface area contributed by atoms with E-state index in [1.165, 1.54) is 0 Å². The maximum absolute atomic E-state index is 5.86. The highest BCUT2D eigenvalue weighted by Crippen LogP contribution is 2.21. The molecule has 0 unspecified atom stereocenters. The zero-order chi connectivity index (χ0) is 13.0. The molecular weight excluding hydrogens is 224 g/mol. The second-order valence-corrected chi connectivity index (χ2v) is 4.65. The van der Waals surface area contributed by atoms with Crippen LogP contribution < -0.4 is 11.1 Å². The summed E-state index contributed by atoms with van der Waals surface area (Å²) < 4.78 is 0. The van der Waals surface area contributed by atoms with Gasteiger partial charge in [-0.3, -0.25) is 9.98 Å². The van der Waals surface area contributed by atoms with Crippen molar-refractivity contribution >= 4 is 22.4 Å². The van der Waals surface area contributed by atoms with Gasteiger partial charge in [0.2, 0.25) is 0 Å². The van der Waals surface area contributed by atoms with Crippen LogP contribution in [0.1, 0.15) is 13.8 Å². The third kappa shape index (κ3) is 2.97. The van der Waals surface area contributed by atoms with Crippen molar-refractivity contribution in [3.63, 3.8) is 0 Å². The molecule has 0 bridgehead atoms. The van der Waals surface area contributed by atoms with Crippen molar-refractivity contribution in [2.75, 3.05) is 11.9 Å². The molecule has 3 N–H and O–H groups in total. The first kappa shape index (κ1) is 12.4. The van der Waals surface area contributed by atoms with Crippen LogP contribution in [0.5, 0.6) is 0 Å². The van der Waals surface area contributed by atoms with Crippen molar-refractivity contribution in [1.29, 1.82) is 0 Å². The zero-order valence-corrected chi connectivity index (χ0v) is 10.7. The molecule has 18 heavy (non-hydrogen) atoms. The van der Waals surface area contributed by atoms with Crippen LogP contribution in [0.2, 0.25) is 0 Å². The van der Waals surface area contributed by atoms with Gasteiger partial charge in [-0.15, -0.1) is 0 Å². The first-order chi connectivity index (χ1) is 8.66. The number of nitrogens with two attached hydrogens (primary N) is 1. The number of pyridine rings is 1. The van der Waals surface area contributed by atoms with Crippen LogP contribution in [-0.2, 0) is 0 Å². The SMILES string of the molecule is CC(C)CN=C(N)Nc1cccc2ccncc12. The molecule has 0 aliphatic rings. The first-order valence-corrected chi connectivity index (χ1v) is 6.06. The minimum atomic E-state index is 0.444. The Morgan fingerprint density at radius 1 is 1.39 bits per heavy atom. The molecule has 2 aromatic rings. The topological polar surface area (TPSA) is 63.3 Å². The Balaban J connectivity index is 2.24. The van der Waals surface area contributed by atoms with Crippen molar-refractivity contribution in [3.8, 4) is 0 Å². The lowest BCUT2D eigenvalue weighted by Crippen LogP contribution is -2.23. The summed E-state index contributed by atoms with van der Waals surface area (Å²) in [7, 11) is 0. The number of rotatable bonds is 3. The third-order valence-electron chi connectivity index (χ3n) is 2.57. The van der Waals surface area contributed by atoms with Crippen molar-refractivity contribution in [1.82, 2.24) is 4.98 Å². The van der Waals surface area contributed by atoms with E-state index in [2.05, 4.69) is 29.1 Å². The van der Waals surface area contributed by atoms with Crippen LogP contribution in [0.15, 0.2) is 41.7 Å². The molecule has 1 aromatic carbocycles. The van der Waals surface area contributed by atoms with Crippen LogP contribution in [-0.4, -0.2) is 17.5 Å². The smallest absolute Gasteiger partial charge is 0.193 e. The van der Waals surface area contributed by atoms with Crippen molar-refractivity contribution in [2.24, 2.45) is 16.6 Å². The molecule has 0 amide bonds. The summed E-state index contributed by atoms with van der Waals surface area (Å²) in [6.45, 7) is 4.94. The Labute approximate surface area is 107 Å². The number of hydrogen-bond donors (Lipinski definition) is 2. The van der Waals surface area contributed by atoms with Crippen molar-refractivity contribution < 1.29 is 0 Å². The van der Waals surface area contributed by atoms with Gasteiger partial charge in [0.05, 0.1) is 5.69 Å². The quantitative estimate of drug-likeness (QED) is 0.642. The first-order valence-electron chi connectivity index (χ1n) is 6.06. The Morgan fingerprint density at radius 3 is 3.00 bits per heavy atom. The van der Waals surface area contributed by atoms with Gasteiger partial charge in [0.1, 0.15) is 0 Å². The van der Waals surface area contributed by atoms with E-state index in [-0.39, 0.29) is 0 Å². The molecule has 0 fully saturated rings. The molecule has 4 nitrogen and oxygen atoms in total. The molecule has 0 saturated carbocycles. The molecular formula is C14H18N4. The lowest BCUT2D eigenvalue weighted by Gasteiger charge is -2.09. The van der Waals surface area contributed by atoms with E-state index in [1.54, 1.807) is 6.20 Å². The summed E-state index contributed by atoms with van der Waals surface area (Å²) >= 11 is 0. The second-order valence-electron chi connectivity index (χ2n) is 4.65. The predicted molar refractivity (Wildman–Crippen MR) is 76.7 cm³/mol. The highest BCUT2D eigenvalue weighted by atomic mass is 15.1. The fourth-order valence-corrected chi connectivity index (χ4v) is 1.68. The van der Waals surface area contributed by atoms with E-state index in [0.717, 1.165) is 23.0 Å². The Bertz CT molecular complexity index is 555. The largest absolute Gasteiger partial charge is 0.370 e. The van der Waals surface area contributed by atoms with Crippen LogP contribution >= 0.6 is 0 Å². The Morgan fingerprint density at radius 2 is 2.22 bits per heavy atom. The number of nitrogens with one attached hydrogen (secondary N) is 1. The number of aromatic nitrogens is 1. The average Bonchev–Trinajstić information content (AvgIpc) is 2.37. The molecule has 2 rings (SSSR count). The van der Waals surface area contributed by atoms with Gasteiger partial charge in [-0.1, -0.05) is 26.0 Å². The highest BCUT2D eigenvalue weighted by Gasteiger charge is 2.01. The van der Waals surface area contributed by atoms with Gasteiger partial charge in [-0.25, -0.2) is 0 Å². The maximum atomic E-state index is 5.86. The van der Waals surface area contributed by atoms with Crippen LogP contribution in [0.25, 0.3) is 10.8 Å². The molecule has 0 aliphatic heterocycles. The van der Waals surface area contributed by atoms with Gasteiger partial charge in [0.25, 0.3) is 0 Å². The van der Waals surface area contributed by atoms with Gasteiger partial charge in [0, 0.05) is 24.3 Å². The van der Waals surface area contributed by atoms with E-state index >= 15 is 0 Å². The molecule has 0 saturated heterocycles. The fraction of sp³-hybridized carbons (Fsp3) is 0.286. The highest BCUT2D eigenvalue weighted by molar-refractivity contribution is 6.02. The molecule has 0 spiro atoms. The van der Waals surface area contributed by atoms with E-state index in [9.17, 15) is 0 Å². The number of nitrogens with zero attached hydrogens (tertiary/aromatic N) is 2. The van der Waals surface area contributed by atoms with Gasteiger partial charge in [-0.2, -0.15) is 0 Å². The maximum Gasteiger partial charge on any atom is 0.193 e. The predicted octanol–water partition coefficient (Wildman–Crippen LogP) is 2.62. The number of anilines is 1. The minimum absolute atomic E-state index is 0.444. The number of fused-ring (bicyclic) bond motifs is 1. The Kier molecular flexibility index (Phi) is 3.77. The van der Waals surface area contributed by atoms with Crippen LogP contribution in [0.3, 0.4) is 0 Å². The van der Waals surface area contributed by atoms with E-state index in [0.29, 0.717) is 11.9 Å². The second kappa shape index (κ2) is 5.49. The summed E-state index contributed by atoms with van der Waals surface area (Å²) in [5.74, 6) is 0.944. The van der Waals surface area contributed by atoms with Crippen molar-refractivity contribution in [2.45, 2.75) is 13.8 Å². The third-order valence-corrected chi connectivity index (χ3v) is 2.57. The van der Waals surface area contributed by atoms with Crippen LogP contribution in [0, 0.1) is 5.92 Å². The molecule has 1 heterocycles. The monoisotopic (exact) mass is 242 g/mol. The molecule has 0 atom stereocenters. The number of hydrogen-bond acceptors (Lipinski definition) is 2. The molecule has 0 aliphatic carbocycles. The average molecular weight is 242 g/mol. The van der Waals surface area contributed by atoms with Gasteiger partial charge in [0.15, 0.2) is 5.96 Å². The lowest BCUT2D eigenvalue weighted by atomic mass is 10.1. The molecule has 94 valence electrons. The molecule has 4 heteroatoms. The van der Waals surface area contributed by atoms with Gasteiger partial charge >= 0.3 is 0 Å². The lowest BCUT2D eigenvalue weighted by molar-refractivity contribution is 0.665. The standard InChI is InChI=1S/C14H18N4/c1-10(2)8-17-14(15)18-13-5-3-4-11-6-7-16-9-12(11)13/h3-7,9-10H,8H2,1-2H3,(H3,15,17,18). The Hall–Kier alpha value is -2.10. The van der Waals surface area contributed by atoms with E-state index in [1.807, 2.05) is 30.5 Å².